The van der Waals surface area contributed by atoms with Gasteiger partial charge in [-0.05, 0) is 18.2 Å². The molecule has 2 aromatic carbocycles. The fourth-order valence-electron chi connectivity index (χ4n) is 2.54. The lowest BCUT2D eigenvalue weighted by Crippen LogP contribution is -2.20. The Morgan fingerprint density at radius 2 is 1.91 bits per heavy atom. The second kappa shape index (κ2) is 5.79. The van der Waals surface area contributed by atoms with Gasteiger partial charge < -0.3 is 9.64 Å². The molecule has 0 saturated heterocycles. The van der Waals surface area contributed by atoms with Crippen molar-refractivity contribution in [3.05, 3.63) is 59.7 Å². The lowest BCUT2D eigenvalue weighted by atomic mass is 10.0. The Kier molecular flexibility index (Phi) is 3.67. The van der Waals surface area contributed by atoms with E-state index >= 15 is 0 Å². The van der Waals surface area contributed by atoms with Gasteiger partial charge in [0.2, 0.25) is 0 Å². The van der Waals surface area contributed by atoms with Gasteiger partial charge >= 0.3 is 0 Å². The third kappa shape index (κ3) is 2.36. The zero-order chi connectivity index (χ0) is 15.5. The summed E-state index contributed by atoms with van der Waals surface area (Å²) in [7, 11) is 1.78. The second-order valence-corrected chi connectivity index (χ2v) is 4.97. The number of hydrogen-bond donors (Lipinski definition) is 0. The Hall–Kier alpha value is -2.99. The quantitative estimate of drug-likeness (QED) is 0.641. The van der Waals surface area contributed by atoms with Crippen molar-refractivity contribution in [2.24, 2.45) is 0 Å². The first kappa shape index (κ1) is 14.0. The summed E-state index contributed by atoms with van der Waals surface area (Å²) in [6, 6.07) is 15.3. The van der Waals surface area contributed by atoms with Crippen LogP contribution in [0.15, 0.2) is 48.5 Å². The van der Waals surface area contributed by atoms with Gasteiger partial charge in [-0.25, -0.2) is 0 Å². The van der Waals surface area contributed by atoms with Gasteiger partial charge in [-0.3, -0.25) is 4.79 Å². The van der Waals surface area contributed by atoms with Crippen molar-refractivity contribution in [1.29, 1.82) is 0 Å². The summed E-state index contributed by atoms with van der Waals surface area (Å²) in [5, 5.41) is 0. The summed E-state index contributed by atoms with van der Waals surface area (Å²) in [6.45, 7) is 0.199. The topological polar surface area (TPSA) is 29.5 Å². The minimum Gasteiger partial charge on any atom is -0.480 e. The van der Waals surface area contributed by atoms with Crippen molar-refractivity contribution in [2.75, 3.05) is 18.6 Å². The molecule has 0 saturated carbocycles. The highest BCUT2D eigenvalue weighted by Crippen LogP contribution is 2.37. The first-order valence-corrected chi connectivity index (χ1v) is 6.97. The maximum absolute atomic E-state index is 12.5. The molecule has 1 aliphatic rings. The van der Waals surface area contributed by atoms with E-state index < -0.39 is 0 Å². The highest BCUT2D eigenvalue weighted by Gasteiger charge is 2.29. The molecule has 2 aromatic rings. The van der Waals surface area contributed by atoms with Gasteiger partial charge in [-0.1, -0.05) is 42.3 Å². The second-order valence-electron chi connectivity index (χ2n) is 4.97. The number of rotatable bonds is 3. The summed E-state index contributed by atoms with van der Waals surface area (Å²) in [6.07, 6.45) is 7.10. The predicted molar refractivity (Wildman–Crippen MR) is 88.5 cm³/mol. The predicted octanol–water partition coefficient (Wildman–Crippen LogP) is 3.22. The molecule has 0 radical (unpaired) electrons. The minimum absolute atomic E-state index is 0.0204. The molecule has 3 rings (SSSR count). The third-order valence-corrected chi connectivity index (χ3v) is 3.62. The van der Waals surface area contributed by atoms with Crippen molar-refractivity contribution >= 4 is 23.2 Å². The molecule has 0 atom stereocenters. The standard InChI is InChI=1S/C19H15NO2/c1-3-12-22-18-11-7-4-8-14(18)13-16-15-9-5-6-10-17(15)20(2)19(16)21/h1,4-11,13H,12H2,2H3/b16-13-. The number of ether oxygens (including phenoxy) is 1. The van der Waals surface area contributed by atoms with E-state index in [-0.39, 0.29) is 12.5 Å². The van der Waals surface area contributed by atoms with Crippen LogP contribution in [0.3, 0.4) is 0 Å². The maximum atomic E-state index is 12.5. The average Bonchev–Trinajstić information content (AvgIpc) is 2.79. The fourth-order valence-corrected chi connectivity index (χ4v) is 2.54. The van der Waals surface area contributed by atoms with Crippen LogP contribution in [0, 0.1) is 12.3 Å². The molecule has 108 valence electrons. The molecule has 1 heterocycles. The summed E-state index contributed by atoms with van der Waals surface area (Å²) < 4.78 is 5.54. The number of carbonyl (C=O) groups is 1. The number of terminal acetylenes is 1. The molecular formula is C19H15NO2. The van der Waals surface area contributed by atoms with Crippen LogP contribution in [0.25, 0.3) is 11.6 Å². The van der Waals surface area contributed by atoms with E-state index in [1.54, 1.807) is 11.9 Å². The van der Waals surface area contributed by atoms with E-state index in [4.69, 9.17) is 11.2 Å². The van der Waals surface area contributed by atoms with Crippen molar-refractivity contribution < 1.29 is 9.53 Å². The zero-order valence-electron chi connectivity index (χ0n) is 12.2. The number of amides is 1. The molecule has 3 heteroatoms. The maximum Gasteiger partial charge on any atom is 0.258 e. The van der Waals surface area contributed by atoms with Crippen molar-refractivity contribution in [1.82, 2.24) is 0 Å². The molecule has 0 N–H and O–H groups in total. The molecule has 3 nitrogen and oxygen atoms in total. The van der Waals surface area contributed by atoms with Crippen LogP contribution in [-0.4, -0.2) is 19.6 Å². The van der Waals surface area contributed by atoms with Crippen LogP contribution in [0.4, 0.5) is 5.69 Å². The molecule has 0 fully saturated rings. The fraction of sp³-hybridized carbons (Fsp3) is 0.105. The lowest BCUT2D eigenvalue weighted by Gasteiger charge is -2.08. The van der Waals surface area contributed by atoms with Crippen LogP contribution >= 0.6 is 0 Å². The van der Waals surface area contributed by atoms with E-state index in [1.165, 1.54) is 0 Å². The smallest absolute Gasteiger partial charge is 0.258 e. The number of carbonyl (C=O) groups excluding carboxylic acids is 1. The van der Waals surface area contributed by atoms with E-state index in [0.29, 0.717) is 11.3 Å². The minimum atomic E-state index is -0.0204. The number of likely N-dealkylation sites (N-methyl/N-ethyl adjacent to an activating group) is 1. The van der Waals surface area contributed by atoms with Crippen LogP contribution in [-0.2, 0) is 4.79 Å². The van der Waals surface area contributed by atoms with Gasteiger partial charge in [-0.15, -0.1) is 6.42 Å². The first-order valence-electron chi connectivity index (χ1n) is 6.97. The zero-order valence-corrected chi connectivity index (χ0v) is 12.2. The Morgan fingerprint density at radius 1 is 1.18 bits per heavy atom. The highest BCUT2D eigenvalue weighted by molar-refractivity contribution is 6.35. The van der Waals surface area contributed by atoms with E-state index in [1.807, 2.05) is 54.6 Å². The third-order valence-electron chi connectivity index (χ3n) is 3.62. The number of fused-ring (bicyclic) bond motifs is 1. The SMILES string of the molecule is C#CCOc1ccccc1/C=C1\C(=O)N(C)c2ccccc21. The number of nitrogens with zero attached hydrogens (tertiary/aromatic N) is 1. The molecule has 22 heavy (non-hydrogen) atoms. The number of anilines is 1. The molecule has 0 bridgehead atoms. The van der Waals surface area contributed by atoms with Gasteiger partial charge in [0.15, 0.2) is 0 Å². The van der Waals surface area contributed by atoms with Crippen LogP contribution < -0.4 is 9.64 Å². The summed E-state index contributed by atoms with van der Waals surface area (Å²) in [4.78, 5) is 14.1. The Balaban J connectivity index is 2.07. The van der Waals surface area contributed by atoms with Crippen LogP contribution in [0.1, 0.15) is 11.1 Å². The van der Waals surface area contributed by atoms with Gasteiger partial charge in [0.1, 0.15) is 12.4 Å². The van der Waals surface area contributed by atoms with Crippen LogP contribution in [0.2, 0.25) is 0 Å². The largest absolute Gasteiger partial charge is 0.480 e. The van der Waals surface area contributed by atoms with Crippen LogP contribution in [0.5, 0.6) is 5.75 Å². The first-order chi connectivity index (χ1) is 10.7. The summed E-state index contributed by atoms with van der Waals surface area (Å²) in [5.41, 5.74) is 3.35. The molecule has 1 amide bonds. The number of hydrogen-bond acceptors (Lipinski definition) is 2. The average molecular weight is 289 g/mol. The lowest BCUT2D eigenvalue weighted by molar-refractivity contribution is -0.112. The Labute approximate surface area is 129 Å². The Bertz CT molecular complexity index is 799. The van der Waals surface area contributed by atoms with E-state index in [2.05, 4.69) is 5.92 Å². The highest BCUT2D eigenvalue weighted by atomic mass is 16.5. The van der Waals surface area contributed by atoms with Gasteiger partial charge in [0, 0.05) is 23.7 Å². The monoisotopic (exact) mass is 289 g/mol. The normalized spacial score (nSPS) is 14.8. The molecular weight excluding hydrogens is 274 g/mol. The number of para-hydroxylation sites is 2. The van der Waals surface area contributed by atoms with E-state index in [9.17, 15) is 4.79 Å². The van der Waals surface area contributed by atoms with Crippen molar-refractivity contribution in [3.8, 4) is 18.1 Å². The summed E-state index contributed by atoms with van der Waals surface area (Å²) in [5.74, 6) is 3.10. The molecule has 0 unspecified atom stereocenters. The molecule has 1 aliphatic heterocycles. The molecule has 0 aromatic heterocycles. The number of benzene rings is 2. The molecule has 0 spiro atoms. The van der Waals surface area contributed by atoms with Gasteiger partial charge in [-0.2, -0.15) is 0 Å². The summed E-state index contributed by atoms with van der Waals surface area (Å²) >= 11 is 0. The van der Waals surface area contributed by atoms with Gasteiger partial charge in [0.05, 0.1) is 5.69 Å². The van der Waals surface area contributed by atoms with Crippen molar-refractivity contribution in [2.45, 2.75) is 0 Å². The Morgan fingerprint density at radius 3 is 2.73 bits per heavy atom. The van der Waals surface area contributed by atoms with E-state index in [0.717, 1.165) is 16.8 Å². The molecule has 0 aliphatic carbocycles. The van der Waals surface area contributed by atoms with Crippen molar-refractivity contribution in [3.63, 3.8) is 0 Å². The van der Waals surface area contributed by atoms with Gasteiger partial charge in [0.25, 0.3) is 5.91 Å².